The van der Waals surface area contributed by atoms with Gasteiger partial charge in [0.25, 0.3) is 0 Å². The SMILES string of the molecule is CC[C@@](O)(CN=C(C=NNC)CCCCN/C=C\C(N)=O)c1cccc(OC(C)C2CC2)c1. The fourth-order valence-corrected chi connectivity index (χ4v) is 3.46. The molecule has 182 valence electrons. The van der Waals surface area contributed by atoms with Crippen LogP contribution in [0.15, 0.2) is 46.6 Å². The van der Waals surface area contributed by atoms with Gasteiger partial charge in [-0.25, -0.2) is 0 Å². The highest BCUT2D eigenvalue weighted by molar-refractivity contribution is 6.30. The zero-order valence-electron chi connectivity index (χ0n) is 20.1. The second-order valence-corrected chi connectivity index (χ2v) is 8.51. The number of nitrogens with zero attached hydrogens (tertiary/aromatic N) is 2. The van der Waals surface area contributed by atoms with E-state index in [-0.39, 0.29) is 12.6 Å². The molecule has 2 rings (SSSR count). The number of aliphatic hydroxyl groups is 1. The first kappa shape index (κ1) is 26.4. The van der Waals surface area contributed by atoms with Crippen molar-refractivity contribution < 1.29 is 14.6 Å². The summed E-state index contributed by atoms with van der Waals surface area (Å²) in [7, 11) is 1.74. The minimum Gasteiger partial charge on any atom is -0.490 e. The van der Waals surface area contributed by atoms with Crippen molar-refractivity contribution in [3.8, 4) is 5.75 Å². The molecule has 5 N–H and O–H groups in total. The van der Waals surface area contributed by atoms with Crippen LogP contribution in [-0.4, -0.2) is 49.2 Å². The molecule has 8 heteroatoms. The van der Waals surface area contributed by atoms with Crippen LogP contribution < -0.4 is 21.2 Å². The molecule has 1 aromatic carbocycles. The molecule has 1 saturated carbocycles. The van der Waals surface area contributed by atoms with Crippen molar-refractivity contribution in [3.05, 3.63) is 42.1 Å². The van der Waals surface area contributed by atoms with Gasteiger partial charge in [-0.1, -0.05) is 19.1 Å². The monoisotopic (exact) mass is 457 g/mol. The van der Waals surface area contributed by atoms with Crippen molar-refractivity contribution in [3.63, 3.8) is 0 Å². The molecule has 0 saturated heterocycles. The maximum Gasteiger partial charge on any atom is 0.242 e. The van der Waals surface area contributed by atoms with Crippen molar-refractivity contribution in [2.45, 2.75) is 64.1 Å². The van der Waals surface area contributed by atoms with Gasteiger partial charge in [0.15, 0.2) is 0 Å². The number of nitrogens with one attached hydrogen (secondary N) is 2. The Morgan fingerprint density at radius 2 is 2.18 bits per heavy atom. The van der Waals surface area contributed by atoms with Crippen LogP contribution in [0.5, 0.6) is 5.75 Å². The molecule has 1 fully saturated rings. The third kappa shape index (κ3) is 9.65. The van der Waals surface area contributed by atoms with E-state index < -0.39 is 11.5 Å². The Hall–Kier alpha value is -2.87. The number of rotatable bonds is 16. The van der Waals surface area contributed by atoms with Crippen LogP contribution in [0.3, 0.4) is 0 Å². The Bertz CT molecular complexity index is 835. The van der Waals surface area contributed by atoms with Crippen molar-refractivity contribution in [2.24, 2.45) is 21.7 Å². The molecule has 0 aromatic heterocycles. The predicted octanol–water partition coefficient (Wildman–Crippen LogP) is 2.87. The standard InChI is InChI=1S/C25H39N5O3/c1-4-25(32,21-8-7-10-23(16-21)33-19(2)20-11-12-20)18-29-22(17-30-27-3)9-5-6-14-28-15-13-24(26)31/h7-8,10,13,15-17,19-20,27-28,32H,4-6,9,11-12,14,18H2,1-3H3,(H2,26,31)/b15-13-,29-22?,30-17?/t19?,25-/m1/s1. The van der Waals surface area contributed by atoms with Gasteiger partial charge in [-0.05, 0) is 69.1 Å². The van der Waals surface area contributed by atoms with E-state index >= 15 is 0 Å². The number of hydrogen-bond donors (Lipinski definition) is 4. The van der Waals surface area contributed by atoms with Crippen LogP contribution in [0.25, 0.3) is 0 Å². The lowest BCUT2D eigenvalue weighted by molar-refractivity contribution is -0.113. The van der Waals surface area contributed by atoms with Gasteiger partial charge in [0.2, 0.25) is 5.91 Å². The Kier molecular flexibility index (Phi) is 10.9. The third-order valence-electron chi connectivity index (χ3n) is 5.82. The molecule has 0 bridgehead atoms. The van der Waals surface area contributed by atoms with E-state index in [0.29, 0.717) is 12.3 Å². The topological polar surface area (TPSA) is 121 Å². The molecule has 1 aromatic rings. The number of amides is 1. The van der Waals surface area contributed by atoms with Gasteiger partial charge in [-0.3, -0.25) is 9.79 Å². The van der Waals surface area contributed by atoms with Gasteiger partial charge in [0.1, 0.15) is 11.4 Å². The number of nitrogens with two attached hydrogens (primary N) is 1. The third-order valence-corrected chi connectivity index (χ3v) is 5.82. The van der Waals surface area contributed by atoms with Gasteiger partial charge < -0.3 is 26.3 Å². The maximum atomic E-state index is 11.4. The Morgan fingerprint density at radius 1 is 1.39 bits per heavy atom. The number of ether oxygens (including phenoxy) is 1. The quantitative estimate of drug-likeness (QED) is 0.132. The molecule has 2 atom stereocenters. The molecule has 1 aliphatic rings. The van der Waals surface area contributed by atoms with Crippen molar-refractivity contribution in [1.29, 1.82) is 0 Å². The van der Waals surface area contributed by atoms with Gasteiger partial charge in [-0.2, -0.15) is 5.10 Å². The lowest BCUT2D eigenvalue weighted by atomic mass is 9.91. The summed E-state index contributed by atoms with van der Waals surface area (Å²) in [6, 6.07) is 7.74. The summed E-state index contributed by atoms with van der Waals surface area (Å²) >= 11 is 0. The molecule has 0 spiro atoms. The smallest absolute Gasteiger partial charge is 0.242 e. The second-order valence-electron chi connectivity index (χ2n) is 8.51. The number of carbonyl (C=O) groups is 1. The predicted molar refractivity (Wildman–Crippen MR) is 133 cm³/mol. The average molecular weight is 458 g/mol. The summed E-state index contributed by atoms with van der Waals surface area (Å²) in [4.78, 5) is 15.4. The second kappa shape index (κ2) is 13.6. The van der Waals surface area contributed by atoms with E-state index in [9.17, 15) is 9.90 Å². The first-order valence-corrected chi connectivity index (χ1v) is 11.8. The molecule has 1 aliphatic carbocycles. The van der Waals surface area contributed by atoms with Gasteiger partial charge >= 0.3 is 0 Å². The van der Waals surface area contributed by atoms with Gasteiger partial charge in [-0.15, -0.1) is 0 Å². The zero-order chi connectivity index (χ0) is 24.1. The summed E-state index contributed by atoms with van der Waals surface area (Å²) in [5, 5.41) is 18.5. The minimum absolute atomic E-state index is 0.193. The van der Waals surface area contributed by atoms with Gasteiger partial charge in [0, 0.05) is 25.9 Å². The Labute approximate surface area is 197 Å². The number of aliphatic imine (C=N–C) groups is 1. The number of unbranched alkanes of at least 4 members (excludes halogenated alkanes) is 1. The zero-order valence-corrected chi connectivity index (χ0v) is 20.1. The number of carbonyl (C=O) groups excluding carboxylic acids is 1. The van der Waals surface area contributed by atoms with Crippen LogP contribution >= 0.6 is 0 Å². The first-order chi connectivity index (χ1) is 15.9. The lowest BCUT2D eigenvalue weighted by Crippen LogP contribution is -2.29. The number of primary amides is 1. The number of hydrazone groups is 1. The highest BCUT2D eigenvalue weighted by atomic mass is 16.5. The molecule has 0 radical (unpaired) electrons. The fraction of sp³-hybridized carbons (Fsp3) is 0.560. The fourth-order valence-electron chi connectivity index (χ4n) is 3.46. The van der Waals surface area contributed by atoms with Crippen molar-refractivity contribution in [2.75, 3.05) is 20.1 Å². The minimum atomic E-state index is -1.08. The van der Waals surface area contributed by atoms with Crippen molar-refractivity contribution in [1.82, 2.24) is 10.7 Å². The maximum absolute atomic E-state index is 11.4. The Morgan fingerprint density at radius 3 is 2.85 bits per heavy atom. The molecule has 0 aliphatic heterocycles. The molecule has 1 unspecified atom stereocenters. The normalized spacial score (nSPS) is 17.2. The highest BCUT2D eigenvalue weighted by Crippen LogP contribution is 2.35. The number of hydrogen-bond acceptors (Lipinski definition) is 7. The van der Waals surface area contributed by atoms with E-state index in [4.69, 9.17) is 15.5 Å². The molecule has 8 nitrogen and oxygen atoms in total. The highest BCUT2D eigenvalue weighted by Gasteiger charge is 2.31. The van der Waals surface area contributed by atoms with E-state index in [1.165, 1.54) is 18.9 Å². The summed E-state index contributed by atoms with van der Waals surface area (Å²) in [6.07, 6.45) is 10.3. The molecular weight excluding hydrogens is 418 g/mol. The lowest BCUT2D eigenvalue weighted by Gasteiger charge is -2.26. The number of benzene rings is 1. The molecule has 33 heavy (non-hydrogen) atoms. The summed E-state index contributed by atoms with van der Waals surface area (Å²) < 4.78 is 6.09. The first-order valence-electron chi connectivity index (χ1n) is 11.8. The van der Waals surface area contributed by atoms with Crippen LogP contribution in [0, 0.1) is 5.92 Å². The molecular formula is C25H39N5O3. The van der Waals surface area contributed by atoms with Crippen LogP contribution in [0.1, 0.15) is 57.9 Å². The Balaban J connectivity index is 1.98. The van der Waals surface area contributed by atoms with E-state index in [1.807, 2.05) is 31.2 Å². The van der Waals surface area contributed by atoms with E-state index in [0.717, 1.165) is 42.8 Å². The summed E-state index contributed by atoms with van der Waals surface area (Å²) in [6.45, 7) is 5.04. The summed E-state index contributed by atoms with van der Waals surface area (Å²) in [5.41, 5.74) is 8.36. The van der Waals surface area contributed by atoms with E-state index in [1.54, 1.807) is 19.5 Å². The summed E-state index contributed by atoms with van der Waals surface area (Å²) in [5.74, 6) is 0.961. The van der Waals surface area contributed by atoms with E-state index in [2.05, 4.69) is 22.8 Å². The van der Waals surface area contributed by atoms with Crippen LogP contribution in [0.4, 0.5) is 0 Å². The van der Waals surface area contributed by atoms with Gasteiger partial charge in [0.05, 0.1) is 24.6 Å². The molecule has 1 amide bonds. The largest absolute Gasteiger partial charge is 0.490 e. The van der Waals surface area contributed by atoms with Crippen LogP contribution in [-0.2, 0) is 10.4 Å². The average Bonchev–Trinajstić information content (AvgIpc) is 3.65. The van der Waals surface area contributed by atoms with Crippen LogP contribution in [0.2, 0.25) is 0 Å². The molecule has 0 heterocycles. The van der Waals surface area contributed by atoms with Crippen molar-refractivity contribution >= 4 is 17.8 Å².